The van der Waals surface area contributed by atoms with Gasteiger partial charge in [-0.25, -0.2) is 0 Å². The SMILES string of the molecule is Cc1cccc(N2CC[C@H](CNC(=O)c3cc(-c4cccs4)nn3C)C2)c1. The summed E-state index contributed by atoms with van der Waals surface area (Å²) in [6, 6.07) is 14.5. The van der Waals surface area contributed by atoms with Gasteiger partial charge in [0.25, 0.3) is 5.91 Å². The third-order valence-electron chi connectivity index (χ3n) is 5.09. The van der Waals surface area contributed by atoms with Crippen LogP contribution in [-0.2, 0) is 7.05 Å². The summed E-state index contributed by atoms with van der Waals surface area (Å²) >= 11 is 1.63. The van der Waals surface area contributed by atoms with Gasteiger partial charge in [0.1, 0.15) is 11.4 Å². The number of nitrogens with one attached hydrogen (secondary N) is 1. The molecule has 1 aliphatic rings. The van der Waals surface area contributed by atoms with Crippen LogP contribution in [0.5, 0.6) is 0 Å². The predicted molar refractivity (Wildman–Crippen MR) is 110 cm³/mol. The van der Waals surface area contributed by atoms with Gasteiger partial charge in [-0.05, 0) is 54.5 Å². The van der Waals surface area contributed by atoms with Crippen molar-refractivity contribution < 1.29 is 4.79 Å². The summed E-state index contributed by atoms with van der Waals surface area (Å²) in [6.07, 6.45) is 1.10. The number of hydrogen-bond donors (Lipinski definition) is 1. The van der Waals surface area contributed by atoms with Crippen molar-refractivity contribution >= 4 is 22.9 Å². The fourth-order valence-corrected chi connectivity index (χ4v) is 4.29. The first-order valence-electron chi connectivity index (χ1n) is 9.28. The monoisotopic (exact) mass is 380 g/mol. The minimum atomic E-state index is -0.0539. The Hall–Kier alpha value is -2.60. The van der Waals surface area contributed by atoms with Gasteiger partial charge in [0.15, 0.2) is 0 Å². The Balaban J connectivity index is 1.35. The maximum absolute atomic E-state index is 12.6. The Kier molecular flexibility index (Phi) is 4.99. The standard InChI is InChI=1S/C21H24N4OS/c1-15-5-3-6-17(11-15)25-9-8-16(14-25)13-22-21(26)19-12-18(23-24(19)2)20-7-4-10-27-20/h3-7,10-12,16H,8-9,13-14H2,1-2H3,(H,22,26)/t16-/m1/s1. The molecule has 1 atom stereocenters. The van der Waals surface area contributed by atoms with Crippen LogP contribution in [0.3, 0.4) is 0 Å². The summed E-state index contributed by atoms with van der Waals surface area (Å²) in [5.41, 5.74) is 4.01. The number of carbonyl (C=O) groups is 1. The molecule has 3 heterocycles. The van der Waals surface area contributed by atoms with Crippen LogP contribution in [0.4, 0.5) is 5.69 Å². The fourth-order valence-electron chi connectivity index (χ4n) is 3.61. The highest BCUT2D eigenvalue weighted by Crippen LogP contribution is 2.25. The molecule has 1 aliphatic heterocycles. The number of anilines is 1. The van der Waals surface area contributed by atoms with E-state index in [2.05, 4.69) is 46.5 Å². The summed E-state index contributed by atoms with van der Waals surface area (Å²) < 4.78 is 1.66. The van der Waals surface area contributed by atoms with Gasteiger partial charge in [0, 0.05) is 32.4 Å². The van der Waals surface area contributed by atoms with Crippen molar-refractivity contribution in [2.45, 2.75) is 13.3 Å². The zero-order chi connectivity index (χ0) is 18.8. The van der Waals surface area contributed by atoms with Crippen molar-refractivity contribution in [3.63, 3.8) is 0 Å². The highest BCUT2D eigenvalue weighted by atomic mass is 32.1. The molecule has 5 nitrogen and oxygen atoms in total. The molecule has 2 aromatic heterocycles. The predicted octanol–water partition coefficient (Wildman–Crippen LogP) is 3.71. The minimum absolute atomic E-state index is 0.0539. The van der Waals surface area contributed by atoms with Crippen LogP contribution in [0, 0.1) is 12.8 Å². The second kappa shape index (κ2) is 7.56. The van der Waals surface area contributed by atoms with Gasteiger partial charge in [-0.2, -0.15) is 5.10 Å². The van der Waals surface area contributed by atoms with Crippen LogP contribution >= 0.6 is 11.3 Å². The van der Waals surface area contributed by atoms with E-state index in [1.165, 1.54) is 11.3 Å². The molecule has 4 rings (SSSR count). The minimum Gasteiger partial charge on any atom is -0.371 e. The van der Waals surface area contributed by atoms with E-state index >= 15 is 0 Å². The van der Waals surface area contributed by atoms with Crippen molar-refractivity contribution in [3.8, 4) is 10.6 Å². The Morgan fingerprint density at radius 2 is 2.19 bits per heavy atom. The molecule has 0 bridgehead atoms. The lowest BCUT2D eigenvalue weighted by Gasteiger charge is -2.19. The van der Waals surface area contributed by atoms with E-state index in [9.17, 15) is 4.79 Å². The molecule has 140 valence electrons. The van der Waals surface area contributed by atoms with Gasteiger partial charge in [0.05, 0.1) is 4.88 Å². The molecule has 1 amide bonds. The van der Waals surface area contributed by atoms with E-state index in [1.807, 2.05) is 30.6 Å². The summed E-state index contributed by atoms with van der Waals surface area (Å²) in [6.45, 7) is 4.84. The van der Waals surface area contributed by atoms with Gasteiger partial charge < -0.3 is 10.2 Å². The molecular formula is C21H24N4OS. The maximum atomic E-state index is 12.6. The van der Waals surface area contributed by atoms with Gasteiger partial charge in [-0.1, -0.05) is 18.2 Å². The van der Waals surface area contributed by atoms with Crippen LogP contribution in [0.15, 0.2) is 47.8 Å². The number of carbonyl (C=O) groups excluding carboxylic acids is 1. The van der Waals surface area contributed by atoms with E-state index in [1.54, 1.807) is 16.0 Å². The van der Waals surface area contributed by atoms with Gasteiger partial charge in [-0.3, -0.25) is 9.48 Å². The van der Waals surface area contributed by atoms with Crippen LogP contribution in [0.1, 0.15) is 22.5 Å². The largest absolute Gasteiger partial charge is 0.371 e. The molecule has 6 heteroatoms. The number of amides is 1. The second-order valence-electron chi connectivity index (χ2n) is 7.17. The summed E-state index contributed by atoms with van der Waals surface area (Å²) in [7, 11) is 1.82. The average molecular weight is 381 g/mol. The van der Waals surface area contributed by atoms with Crippen LogP contribution < -0.4 is 10.2 Å². The fraction of sp³-hybridized carbons (Fsp3) is 0.333. The number of rotatable bonds is 5. The van der Waals surface area contributed by atoms with E-state index in [4.69, 9.17) is 0 Å². The first-order valence-corrected chi connectivity index (χ1v) is 10.2. The molecular weight excluding hydrogens is 356 g/mol. The lowest BCUT2D eigenvalue weighted by atomic mass is 10.1. The Morgan fingerprint density at radius 1 is 1.30 bits per heavy atom. The maximum Gasteiger partial charge on any atom is 0.269 e. The molecule has 0 aliphatic carbocycles. The van der Waals surface area contributed by atoms with Gasteiger partial charge in [0.2, 0.25) is 0 Å². The molecule has 27 heavy (non-hydrogen) atoms. The first-order chi connectivity index (χ1) is 13.1. The smallest absolute Gasteiger partial charge is 0.269 e. The van der Waals surface area contributed by atoms with E-state index in [0.717, 1.165) is 30.1 Å². The number of benzene rings is 1. The number of aryl methyl sites for hydroxylation is 2. The highest BCUT2D eigenvalue weighted by molar-refractivity contribution is 7.13. The van der Waals surface area contributed by atoms with Crippen LogP contribution in [0.2, 0.25) is 0 Å². The first kappa shape index (κ1) is 17.8. The Morgan fingerprint density at radius 3 is 2.96 bits per heavy atom. The van der Waals surface area contributed by atoms with Crippen molar-refractivity contribution in [1.82, 2.24) is 15.1 Å². The molecule has 1 fully saturated rings. The number of hydrogen-bond acceptors (Lipinski definition) is 4. The van der Waals surface area contributed by atoms with Crippen molar-refractivity contribution in [1.29, 1.82) is 0 Å². The molecule has 1 aromatic carbocycles. The zero-order valence-electron chi connectivity index (χ0n) is 15.7. The third kappa shape index (κ3) is 3.90. The second-order valence-corrected chi connectivity index (χ2v) is 8.11. The Bertz CT molecular complexity index is 932. The average Bonchev–Trinajstić information content (AvgIpc) is 3.40. The molecule has 0 radical (unpaired) electrons. The van der Waals surface area contributed by atoms with Gasteiger partial charge >= 0.3 is 0 Å². The zero-order valence-corrected chi connectivity index (χ0v) is 16.5. The molecule has 0 unspecified atom stereocenters. The van der Waals surface area contributed by atoms with Gasteiger partial charge in [-0.15, -0.1) is 11.3 Å². The van der Waals surface area contributed by atoms with E-state index in [-0.39, 0.29) is 5.91 Å². The molecule has 0 spiro atoms. The molecule has 3 aromatic rings. The lowest BCUT2D eigenvalue weighted by molar-refractivity contribution is 0.0939. The van der Waals surface area contributed by atoms with E-state index in [0.29, 0.717) is 18.2 Å². The summed E-state index contributed by atoms with van der Waals surface area (Å²) in [5, 5.41) is 9.59. The molecule has 1 saturated heterocycles. The van der Waals surface area contributed by atoms with E-state index < -0.39 is 0 Å². The summed E-state index contributed by atoms with van der Waals surface area (Å²) in [4.78, 5) is 16.1. The third-order valence-corrected chi connectivity index (χ3v) is 5.98. The number of aromatic nitrogens is 2. The van der Waals surface area contributed by atoms with Crippen molar-refractivity contribution in [3.05, 3.63) is 59.1 Å². The number of nitrogens with zero attached hydrogens (tertiary/aromatic N) is 3. The Labute approximate surface area is 163 Å². The highest BCUT2D eigenvalue weighted by Gasteiger charge is 2.24. The van der Waals surface area contributed by atoms with Crippen LogP contribution in [-0.4, -0.2) is 35.3 Å². The quantitative estimate of drug-likeness (QED) is 0.734. The van der Waals surface area contributed by atoms with Crippen molar-refractivity contribution in [2.75, 3.05) is 24.5 Å². The van der Waals surface area contributed by atoms with Crippen LogP contribution in [0.25, 0.3) is 10.6 Å². The van der Waals surface area contributed by atoms with Crippen molar-refractivity contribution in [2.24, 2.45) is 13.0 Å². The molecule has 1 N–H and O–H groups in total. The normalized spacial score (nSPS) is 16.7. The topological polar surface area (TPSA) is 50.2 Å². The lowest BCUT2D eigenvalue weighted by Crippen LogP contribution is -2.32. The number of thiophene rings is 1. The summed E-state index contributed by atoms with van der Waals surface area (Å²) in [5.74, 6) is 0.418. The molecule has 0 saturated carbocycles.